The number of rotatable bonds is 2. The number of benzene rings is 1. The maximum absolute atomic E-state index is 13.8. The van der Waals surface area contributed by atoms with E-state index in [9.17, 15) is 12.8 Å². The molecule has 1 atom stereocenters. The van der Waals surface area contributed by atoms with Gasteiger partial charge in [0.25, 0.3) is 0 Å². The number of sulfonamides is 1. The molecule has 0 saturated carbocycles. The van der Waals surface area contributed by atoms with Crippen molar-refractivity contribution in [3.8, 4) is 0 Å². The fraction of sp³-hybridized carbons (Fsp3) is 0.455. The minimum atomic E-state index is -3.85. The lowest BCUT2D eigenvalue weighted by atomic mass is 10.1. The second-order valence-corrected chi connectivity index (χ2v) is 6.63. The molecule has 1 aliphatic rings. The predicted octanol–water partition coefficient (Wildman–Crippen LogP) is 1.59. The Morgan fingerprint density at radius 3 is 2.83 bits per heavy atom. The number of nitrogens with two attached hydrogens (primary N) is 1. The molecule has 0 spiro atoms. The van der Waals surface area contributed by atoms with Crippen LogP contribution in [0.3, 0.4) is 0 Å². The molecule has 0 aromatic heterocycles. The molecule has 7 heteroatoms. The highest BCUT2D eigenvalue weighted by Crippen LogP contribution is 2.26. The van der Waals surface area contributed by atoms with Crippen LogP contribution in [0.25, 0.3) is 0 Å². The van der Waals surface area contributed by atoms with Crippen molar-refractivity contribution < 1.29 is 12.8 Å². The third-order valence-corrected chi connectivity index (χ3v) is 5.13. The molecule has 0 bridgehead atoms. The lowest BCUT2D eigenvalue weighted by molar-refractivity contribution is 0.315. The summed E-state index contributed by atoms with van der Waals surface area (Å²) in [6.45, 7) is 0.580. The van der Waals surface area contributed by atoms with Crippen molar-refractivity contribution in [2.45, 2.75) is 23.8 Å². The van der Waals surface area contributed by atoms with Crippen molar-refractivity contribution in [1.29, 1.82) is 0 Å². The number of halogens is 2. The monoisotopic (exact) mass is 292 g/mol. The van der Waals surface area contributed by atoms with Crippen molar-refractivity contribution in [1.82, 2.24) is 4.31 Å². The standard InChI is InChI=1S/C11H14ClFN2O2S/c12-9-4-1-5-10(11(9)13)18(16,17)15-6-2-3-8(14)7-15/h1,4-5,8H,2-3,6-7,14H2/t8-/m1/s1. The normalized spacial score (nSPS) is 22.1. The highest BCUT2D eigenvalue weighted by atomic mass is 35.5. The molecule has 1 aromatic carbocycles. The summed E-state index contributed by atoms with van der Waals surface area (Å²) >= 11 is 5.60. The van der Waals surface area contributed by atoms with Gasteiger partial charge in [-0.05, 0) is 25.0 Å². The summed E-state index contributed by atoms with van der Waals surface area (Å²) in [5.41, 5.74) is 5.74. The molecule has 18 heavy (non-hydrogen) atoms. The highest BCUT2D eigenvalue weighted by Gasteiger charge is 2.31. The first-order valence-electron chi connectivity index (χ1n) is 5.62. The van der Waals surface area contributed by atoms with Gasteiger partial charge in [0.15, 0.2) is 5.82 Å². The van der Waals surface area contributed by atoms with Gasteiger partial charge >= 0.3 is 0 Å². The second-order valence-electron chi connectivity index (χ2n) is 4.32. The van der Waals surface area contributed by atoms with Gasteiger partial charge < -0.3 is 5.73 Å². The van der Waals surface area contributed by atoms with Gasteiger partial charge in [-0.3, -0.25) is 0 Å². The zero-order chi connectivity index (χ0) is 13.3. The summed E-state index contributed by atoms with van der Waals surface area (Å²) in [4.78, 5) is -0.385. The van der Waals surface area contributed by atoms with Gasteiger partial charge in [-0.1, -0.05) is 17.7 Å². The first-order valence-corrected chi connectivity index (χ1v) is 7.44. The quantitative estimate of drug-likeness (QED) is 0.900. The summed E-state index contributed by atoms with van der Waals surface area (Å²) in [6.07, 6.45) is 1.46. The van der Waals surface area contributed by atoms with Gasteiger partial charge in [-0.2, -0.15) is 4.31 Å². The smallest absolute Gasteiger partial charge is 0.246 e. The third-order valence-electron chi connectivity index (χ3n) is 2.95. The Labute approximate surface area is 111 Å². The van der Waals surface area contributed by atoms with Gasteiger partial charge in [0, 0.05) is 19.1 Å². The molecular formula is C11H14ClFN2O2S. The van der Waals surface area contributed by atoms with E-state index < -0.39 is 15.8 Å². The van der Waals surface area contributed by atoms with Crippen molar-refractivity contribution >= 4 is 21.6 Å². The van der Waals surface area contributed by atoms with E-state index in [1.807, 2.05) is 0 Å². The molecule has 100 valence electrons. The molecule has 1 heterocycles. The minimum Gasteiger partial charge on any atom is -0.327 e. The van der Waals surface area contributed by atoms with E-state index in [1.54, 1.807) is 0 Å². The van der Waals surface area contributed by atoms with E-state index in [0.29, 0.717) is 13.0 Å². The minimum absolute atomic E-state index is 0.197. The molecule has 0 amide bonds. The maximum atomic E-state index is 13.8. The fourth-order valence-electron chi connectivity index (χ4n) is 2.01. The molecule has 0 aliphatic carbocycles. The first kappa shape index (κ1) is 13.7. The SMILES string of the molecule is N[C@@H]1CCCN(S(=O)(=O)c2cccc(Cl)c2F)C1. The summed E-state index contributed by atoms with van der Waals surface area (Å²) < 4.78 is 39.6. The molecule has 1 saturated heterocycles. The third kappa shape index (κ3) is 2.51. The largest absolute Gasteiger partial charge is 0.327 e. The lowest BCUT2D eigenvalue weighted by Crippen LogP contribution is -2.45. The van der Waals surface area contributed by atoms with E-state index >= 15 is 0 Å². The molecule has 2 rings (SSSR count). The topological polar surface area (TPSA) is 63.4 Å². The van der Waals surface area contributed by atoms with Gasteiger partial charge in [-0.25, -0.2) is 12.8 Å². The molecular weight excluding hydrogens is 279 g/mol. The van der Waals surface area contributed by atoms with Crippen LogP contribution >= 0.6 is 11.6 Å². The van der Waals surface area contributed by atoms with Crippen molar-refractivity contribution in [3.63, 3.8) is 0 Å². The van der Waals surface area contributed by atoms with Crippen molar-refractivity contribution in [2.75, 3.05) is 13.1 Å². The van der Waals surface area contributed by atoms with Crippen LogP contribution in [0.5, 0.6) is 0 Å². The van der Waals surface area contributed by atoms with Gasteiger partial charge in [0.1, 0.15) is 4.90 Å². The number of hydrogen-bond donors (Lipinski definition) is 1. The molecule has 1 fully saturated rings. The molecule has 0 unspecified atom stereocenters. The summed E-state index contributed by atoms with van der Waals surface area (Å²) in [7, 11) is -3.85. The zero-order valence-electron chi connectivity index (χ0n) is 9.64. The molecule has 2 N–H and O–H groups in total. The van der Waals surface area contributed by atoms with Crippen LogP contribution in [0.4, 0.5) is 4.39 Å². The Balaban J connectivity index is 2.39. The summed E-state index contributed by atoms with van der Waals surface area (Å²) in [5.74, 6) is -0.904. The Morgan fingerprint density at radius 2 is 2.17 bits per heavy atom. The lowest BCUT2D eigenvalue weighted by Gasteiger charge is -2.29. The van der Waals surface area contributed by atoms with Crippen LogP contribution in [0.2, 0.25) is 5.02 Å². The molecule has 1 aliphatic heterocycles. The average Bonchev–Trinajstić information content (AvgIpc) is 2.32. The van der Waals surface area contributed by atoms with E-state index in [-0.39, 0.29) is 22.5 Å². The van der Waals surface area contributed by atoms with Crippen LogP contribution in [0.1, 0.15) is 12.8 Å². The number of hydrogen-bond acceptors (Lipinski definition) is 3. The van der Waals surface area contributed by atoms with E-state index in [1.165, 1.54) is 22.5 Å². The highest BCUT2D eigenvalue weighted by molar-refractivity contribution is 7.89. The van der Waals surface area contributed by atoms with E-state index in [2.05, 4.69) is 0 Å². The van der Waals surface area contributed by atoms with Crippen molar-refractivity contribution in [2.24, 2.45) is 5.73 Å². The van der Waals surface area contributed by atoms with Crippen LogP contribution in [0, 0.1) is 5.82 Å². The van der Waals surface area contributed by atoms with Crippen molar-refractivity contribution in [3.05, 3.63) is 29.0 Å². The predicted molar refractivity (Wildman–Crippen MR) is 67.4 cm³/mol. The molecule has 4 nitrogen and oxygen atoms in total. The second kappa shape index (κ2) is 5.13. The fourth-order valence-corrected chi connectivity index (χ4v) is 3.87. The maximum Gasteiger partial charge on any atom is 0.246 e. The van der Waals surface area contributed by atoms with Crippen LogP contribution in [-0.4, -0.2) is 31.9 Å². The van der Waals surface area contributed by atoms with Crippen LogP contribution in [-0.2, 0) is 10.0 Å². The van der Waals surface area contributed by atoms with Gasteiger partial charge in [0.2, 0.25) is 10.0 Å². The van der Waals surface area contributed by atoms with Gasteiger partial charge in [0.05, 0.1) is 5.02 Å². The summed E-state index contributed by atoms with van der Waals surface area (Å²) in [5, 5.41) is -0.197. The molecule has 1 aromatic rings. The Kier molecular flexibility index (Phi) is 3.91. The Bertz CT molecular complexity index is 550. The van der Waals surface area contributed by atoms with Gasteiger partial charge in [-0.15, -0.1) is 0 Å². The first-order chi connectivity index (χ1) is 8.43. The Hall–Kier alpha value is -0.690. The summed E-state index contributed by atoms with van der Waals surface area (Å²) in [6, 6.07) is 3.76. The number of piperidine rings is 1. The van der Waals surface area contributed by atoms with E-state index in [0.717, 1.165) is 6.42 Å². The zero-order valence-corrected chi connectivity index (χ0v) is 11.2. The number of nitrogens with zero attached hydrogens (tertiary/aromatic N) is 1. The average molecular weight is 293 g/mol. The van der Waals surface area contributed by atoms with Crippen LogP contribution in [0.15, 0.2) is 23.1 Å². The van der Waals surface area contributed by atoms with E-state index in [4.69, 9.17) is 17.3 Å². The molecule has 0 radical (unpaired) electrons. The van der Waals surface area contributed by atoms with Crippen LogP contribution < -0.4 is 5.73 Å². The Morgan fingerprint density at radius 1 is 1.44 bits per heavy atom.